The van der Waals surface area contributed by atoms with E-state index in [9.17, 15) is 28.5 Å². The van der Waals surface area contributed by atoms with Crippen LogP contribution in [0.25, 0.3) is 11.0 Å². The van der Waals surface area contributed by atoms with E-state index >= 15 is 0 Å². The zero-order valence-electron chi connectivity index (χ0n) is 15.2. The maximum atomic E-state index is 12.7. The van der Waals surface area contributed by atoms with Crippen LogP contribution in [0, 0.1) is 0 Å². The molecule has 0 radical (unpaired) electrons. The van der Waals surface area contributed by atoms with Crippen molar-refractivity contribution in [3.63, 3.8) is 0 Å². The summed E-state index contributed by atoms with van der Waals surface area (Å²) >= 11 is 0. The molecule has 0 saturated carbocycles. The van der Waals surface area contributed by atoms with Crippen molar-refractivity contribution in [1.29, 1.82) is 0 Å². The monoisotopic (exact) mass is 425 g/mol. The topological polar surface area (TPSA) is 139 Å². The molecule has 160 valence electrons. The summed E-state index contributed by atoms with van der Waals surface area (Å²) in [5.41, 5.74) is 2.02. The number of fused-ring (bicyclic) bond motifs is 1. The lowest BCUT2D eigenvalue weighted by Gasteiger charge is -2.22. The van der Waals surface area contributed by atoms with E-state index in [1.807, 2.05) is 0 Å². The van der Waals surface area contributed by atoms with Crippen molar-refractivity contribution in [2.45, 2.75) is 36.8 Å². The standard InChI is InChI=1S/C18H18F3N5O4/c19-18(20,21)9-3-1-8(2-4-9)11(27)14-12(28)13(29)17(30-14)26-6-5-10-15(25-22)23-7-24-16(10)26/h1-7,11-14,17,27-29H,22H2,(H,23,24,25)/t11-,12+,13-,14-,17-/m1/s1. The smallest absolute Gasteiger partial charge is 0.387 e. The SMILES string of the molecule is NNc1ncnc2c1ccn2[C@@H]1O[C@H]([C@H](O)c2ccc(C(F)(F)F)cc2)[C@@H](O)[C@H]1O. The number of aliphatic hydroxyl groups is 3. The summed E-state index contributed by atoms with van der Waals surface area (Å²) in [5, 5.41) is 32.0. The molecule has 1 fully saturated rings. The van der Waals surface area contributed by atoms with Crippen LogP contribution in [0.4, 0.5) is 19.0 Å². The van der Waals surface area contributed by atoms with Gasteiger partial charge in [-0.05, 0) is 23.8 Å². The van der Waals surface area contributed by atoms with E-state index in [-0.39, 0.29) is 5.56 Å². The highest BCUT2D eigenvalue weighted by atomic mass is 19.4. The van der Waals surface area contributed by atoms with Gasteiger partial charge in [-0.1, -0.05) is 12.1 Å². The lowest BCUT2D eigenvalue weighted by molar-refractivity contribution is -0.137. The van der Waals surface area contributed by atoms with Crippen LogP contribution < -0.4 is 11.3 Å². The first kappa shape index (κ1) is 20.5. The van der Waals surface area contributed by atoms with E-state index < -0.39 is 42.4 Å². The summed E-state index contributed by atoms with van der Waals surface area (Å²) < 4.78 is 45.4. The van der Waals surface area contributed by atoms with Crippen LogP contribution in [0.3, 0.4) is 0 Å². The number of hydrogen-bond acceptors (Lipinski definition) is 8. The molecule has 5 atom stereocenters. The molecule has 4 rings (SSSR count). The van der Waals surface area contributed by atoms with Gasteiger partial charge in [-0.3, -0.25) is 0 Å². The van der Waals surface area contributed by atoms with E-state index in [2.05, 4.69) is 15.4 Å². The molecule has 1 aliphatic heterocycles. The van der Waals surface area contributed by atoms with Gasteiger partial charge in [0, 0.05) is 6.20 Å². The van der Waals surface area contributed by atoms with Crippen molar-refractivity contribution in [2.24, 2.45) is 5.84 Å². The van der Waals surface area contributed by atoms with Crippen molar-refractivity contribution >= 4 is 16.9 Å². The summed E-state index contributed by atoms with van der Waals surface area (Å²) in [6.45, 7) is 0. The lowest BCUT2D eigenvalue weighted by atomic mass is 9.98. The predicted molar refractivity (Wildman–Crippen MR) is 97.7 cm³/mol. The summed E-state index contributed by atoms with van der Waals surface area (Å²) in [7, 11) is 0. The quantitative estimate of drug-likeness (QED) is 0.309. The fraction of sp³-hybridized carbons (Fsp3) is 0.333. The Hall–Kier alpha value is -2.77. The number of nitrogens with zero attached hydrogens (tertiary/aromatic N) is 3. The normalized spacial score (nSPS) is 25.6. The molecule has 0 amide bonds. The lowest BCUT2D eigenvalue weighted by Crippen LogP contribution is -2.34. The van der Waals surface area contributed by atoms with Crippen LogP contribution in [0.15, 0.2) is 42.9 Å². The maximum absolute atomic E-state index is 12.7. The maximum Gasteiger partial charge on any atom is 0.416 e. The summed E-state index contributed by atoms with van der Waals surface area (Å²) in [4.78, 5) is 8.10. The van der Waals surface area contributed by atoms with E-state index in [4.69, 9.17) is 10.6 Å². The van der Waals surface area contributed by atoms with E-state index in [0.29, 0.717) is 16.9 Å². The van der Waals surface area contributed by atoms with E-state index in [1.165, 1.54) is 10.9 Å². The molecule has 0 unspecified atom stereocenters. The highest BCUT2D eigenvalue weighted by molar-refractivity contribution is 5.87. The molecule has 9 nitrogen and oxygen atoms in total. The second-order valence-corrected chi connectivity index (χ2v) is 6.86. The van der Waals surface area contributed by atoms with Crippen molar-refractivity contribution in [2.75, 3.05) is 5.43 Å². The Kier molecular flexibility index (Phi) is 5.11. The number of nitrogens with one attached hydrogen (secondary N) is 1. The molecule has 0 aliphatic carbocycles. The van der Waals surface area contributed by atoms with Gasteiger partial charge < -0.3 is 30.0 Å². The molecular formula is C18H18F3N5O4. The van der Waals surface area contributed by atoms with Gasteiger partial charge >= 0.3 is 6.18 Å². The second-order valence-electron chi connectivity index (χ2n) is 6.86. The van der Waals surface area contributed by atoms with Gasteiger partial charge in [0.05, 0.1) is 10.9 Å². The fourth-order valence-corrected chi connectivity index (χ4v) is 3.53. The number of alkyl halides is 3. The summed E-state index contributed by atoms with van der Waals surface area (Å²) in [5.74, 6) is 5.76. The Morgan fingerprint density at radius 3 is 2.43 bits per heavy atom. The highest BCUT2D eigenvalue weighted by Gasteiger charge is 2.47. The third-order valence-corrected chi connectivity index (χ3v) is 5.09. The average molecular weight is 425 g/mol. The molecule has 1 aliphatic rings. The fourth-order valence-electron chi connectivity index (χ4n) is 3.53. The van der Waals surface area contributed by atoms with Gasteiger partial charge in [0.1, 0.15) is 36.4 Å². The van der Waals surface area contributed by atoms with Crippen LogP contribution in [0.1, 0.15) is 23.5 Å². The number of ether oxygens (including phenoxy) is 1. The molecule has 3 heterocycles. The largest absolute Gasteiger partial charge is 0.416 e. The Morgan fingerprint density at radius 1 is 1.10 bits per heavy atom. The van der Waals surface area contributed by atoms with Crippen molar-refractivity contribution in [3.05, 3.63) is 54.0 Å². The molecule has 6 N–H and O–H groups in total. The number of hydrazine groups is 1. The van der Waals surface area contributed by atoms with Crippen LogP contribution >= 0.6 is 0 Å². The molecule has 1 saturated heterocycles. The van der Waals surface area contributed by atoms with Gasteiger partial charge in [-0.15, -0.1) is 0 Å². The minimum Gasteiger partial charge on any atom is -0.387 e. The third kappa shape index (κ3) is 3.38. The Balaban J connectivity index is 1.60. The third-order valence-electron chi connectivity index (χ3n) is 5.09. The van der Waals surface area contributed by atoms with E-state index in [1.54, 1.807) is 12.3 Å². The van der Waals surface area contributed by atoms with Gasteiger partial charge in [0.15, 0.2) is 12.0 Å². The first-order chi connectivity index (χ1) is 14.2. The average Bonchev–Trinajstić information content (AvgIpc) is 3.28. The van der Waals surface area contributed by atoms with Crippen molar-refractivity contribution < 1.29 is 33.2 Å². The molecular weight excluding hydrogens is 407 g/mol. The minimum absolute atomic E-state index is 0.106. The number of hydrogen-bond donors (Lipinski definition) is 5. The van der Waals surface area contributed by atoms with Crippen molar-refractivity contribution in [3.8, 4) is 0 Å². The first-order valence-electron chi connectivity index (χ1n) is 8.87. The predicted octanol–water partition coefficient (Wildman–Crippen LogP) is 1.09. The Bertz CT molecular complexity index is 1040. The number of aliphatic hydroxyl groups excluding tert-OH is 3. The summed E-state index contributed by atoms with van der Waals surface area (Å²) in [6, 6.07) is 5.48. The number of halogens is 3. The number of benzene rings is 1. The number of rotatable bonds is 4. The minimum atomic E-state index is -4.51. The number of anilines is 1. The highest BCUT2D eigenvalue weighted by Crippen LogP contribution is 2.38. The zero-order valence-corrected chi connectivity index (χ0v) is 15.2. The van der Waals surface area contributed by atoms with Gasteiger partial charge in [0.2, 0.25) is 0 Å². The molecule has 12 heteroatoms. The van der Waals surface area contributed by atoms with Crippen LogP contribution in [-0.2, 0) is 10.9 Å². The van der Waals surface area contributed by atoms with Gasteiger partial charge in [-0.25, -0.2) is 15.8 Å². The van der Waals surface area contributed by atoms with Crippen LogP contribution in [0.2, 0.25) is 0 Å². The van der Waals surface area contributed by atoms with Crippen molar-refractivity contribution in [1.82, 2.24) is 14.5 Å². The molecule has 1 aromatic carbocycles. The first-order valence-corrected chi connectivity index (χ1v) is 8.87. The van der Waals surface area contributed by atoms with Crippen LogP contribution in [0.5, 0.6) is 0 Å². The number of aromatic nitrogens is 3. The molecule has 0 bridgehead atoms. The number of nitrogen functional groups attached to an aromatic ring is 1. The second kappa shape index (κ2) is 7.49. The van der Waals surface area contributed by atoms with Gasteiger partial charge in [0.25, 0.3) is 0 Å². The molecule has 2 aromatic heterocycles. The summed E-state index contributed by atoms with van der Waals surface area (Å²) in [6.07, 6.45) is -8.51. The molecule has 30 heavy (non-hydrogen) atoms. The zero-order chi connectivity index (χ0) is 21.6. The Labute approximate surface area is 167 Å². The molecule has 3 aromatic rings. The number of nitrogens with two attached hydrogens (primary N) is 1. The van der Waals surface area contributed by atoms with Gasteiger partial charge in [-0.2, -0.15) is 13.2 Å². The van der Waals surface area contributed by atoms with Crippen LogP contribution in [-0.4, -0.2) is 48.2 Å². The molecule has 0 spiro atoms. The Morgan fingerprint density at radius 2 is 1.80 bits per heavy atom. The van der Waals surface area contributed by atoms with E-state index in [0.717, 1.165) is 24.3 Å².